The van der Waals surface area contributed by atoms with E-state index in [2.05, 4.69) is 24.5 Å². The smallest absolute Gasteiger partial charge is 0.171 e. The molecule has 2 nitrogen and oxygen atoms in total. The average Bonchev–Trinajstić information content (AvgIpc) is 2.39. The Hall–Kier alpha value is -1.16. The van der Waals surface area contributed by atoms with Gasteiger partial charge in [-0.25, -0.2) is 4.39 Å². The van der Waals surface area contributed by atoms with Crippen LogP contribution in [0.15, 0.2) is 18.2 Å². The van der Waals surface area contributed by atoms with Crippen LogP contribution in [0, 0.1) is 24.6 Å². The van der Waals surface area contributed by atoms with E-state index < -0.39 is 0 Å². The van der Waals surface area contributed by atoms with E-state index in [9.17, 15) is 4.39 Å². The van der Waals surface area contributed by atoms with E-state index in [4.69, 9.17) is 12.2 Å². The molecule has 1 saturated carbocycles. The highest BCUT2D eigenvalue weighted by Gasteiger charge is 2.27. The number of benzene rings is 1. The Morgan fingerprint density at radius 1 is 1.30 bits per heavy atom. The largest absolute Gasteiger partial charge is 0.359 e. The maximum Gasteiger partial charge on any atom is 0.171 e. The van der Waals surface area contributed by atoms with Crippen molar-refractivity contribution in [2.45, 2.75) is 46.1 Å². The highest BCUT2D eigenvalue weighted by Crippen LogP contribution is 2.29. The zero-order chi connectivity index (χ0) is 14.7. The number of halogens is 1. The molecule has 0 amide bonds. The second-order valence-corrected chi connectivity index (χ2v) is 6.34. The molecule has 0 aliphatic heterocycles. The summed E-state index contributed by atoms with van der Waals surface area (Å²) in [6.45, 7) is 6.32. The molecule has 0 bridgehead atoms. The maximum atomic E-state index is 13.5. The summed E-state index contributed by atoms with van der Waals surface area (Å²) < 4.78 is 13.5. The first-order valence-electron chi connectivity index (χ1n) is 7.31. The topological polar surface area (TPSA) is 24.1 Å². The Labute approximate surface area is 126 Å². The molecule has 1 aromatic rings. The molecule has 110 valence electrons. The molecular weight excluding hydrogens is 271 g/mol. The minimum Gasteiger partial charge on any atom is -0.359 e. The highest BCUT2D eigenvalue weighted by molar-refractivity contribution is 7.80. The minimum atomic E-state index is -0.211. The van der Waals surface area contributed by atoms with Crippen molar-refractivity contribution in [3.63, 3.8) is 0 Å². The normalized spacial score (nSPS) is 26.1. The Morgan fingerprint density at radius 2 is 2.05 bits per heavy atom. The molecule has 1 aromatic carbocycles. The number of hydrogen-bond donors (Lipinski definition) is 2. The Bertz CT molecular complexity index is 489. The first kappa shape index (κ1) is 15.2. The average molecular weight is 294 g/mol. The Morgan fingerprint density at radius 3 is 2.75 bits per heavy atom. The van der Waals surface area contributed by atoms with Crippen LogP contribution < -0.4 is 10.6 Å². The third-order valence-corrected chi connectivity index (χ3v) is 4.67. The molecule has 4 heteroatoms. The van der Waals surface area contributed by atoms with Crippen molar-refractivity contribution in [1.82, 2.24) is 5.32 Å². The standard InChI is InChI=1S/C16H23FN2S/c1-10-5-4-6-15(12(10)3)19-16(20)18-13-8-7-11(2)14(17)9-13/h7-10,12,15H,4-6H2,1-3H3,(H2,18,19,20)/t10-,12-,15+/m0/s1. The zero-order valence-corrected chi connectivity index (χ0v) is 13.2. The van der Waals surface area contributed by atoms with Gasteiger partial charge in [-0.2, -0.15) is 0 Å². The molecule has 1 fully saturated rings. The number of thiocarbonyl (C=S) groups is 1. The summed E-state index contributed by atoms with van der Waals surface area (Å²) in [5.74, 6) is 1.12. The lowest BCUT2D eigenvalue weighted by molar-refractivity contribution is 0.225. The number of anilines is 1. The molecular formula is C16H23FN2S. The third-order valence-electron chi connectivity index (χ3n) is 4.45. The molecule has 0 aromatic heterocycles. The van der Waals surface area contributed by atoms with E-state index >= 15 is 0 Å². The fourth-order valence-electron chi connectivity index (χ4n) is 2.79. The van der Waals surface area contributed by atoms with Crippen LogP contribution in [0.3, 0.4) is 0 Å². The second-order valence-electron chi connectivity index (χ2n) is 5.94. The molecule has 2 rings (SSSR count). The van der Waals surface area contributed by atoms with Crippen molar-refractivity contribution in [3.8, 4) is 0 Å². The van der Waals surface area contributed by atoms with Crippen molar-refractivity contribution in [2.24, 2.45) is 11.8 Å². The SMILES string of the molecule is Cc1ccc(NC(=S)N[C@@H]2CCC[C@H](C)[C@@H]2C)cc1F. The van der Waals surface area contributed by atoms with Crippen LogP contribution in [0.1, 0.15) is 38.7 Å². The van der Waals surface area contributed by atoms with Crippen molar-refractivity contribution in [3.05, 3.63) is 29.6 Å². The van der Waals surface area contributed by atoms with Gasteiger partial charge in [-0.1, -0.05) is 32.8 Å². The molecule has 20 heavy (non-hydrogen) atoms. The molecule has 2 N–H and O–H groups in total. The van der Waals surface area contributed by atoms with Gasteiger partial charge in [0.2, 0.25) is 0 Å². The van der Waals surface area contributed by atoms with Gasteiger partial charge in [-0.15, -0.1) is 0 Å². The van der Waals surface area contributed by atoms with E-state index in [-0.39, 0.29) is 5.82 Å². The van der Waals surface area contributed by atoms with Gasteiger partial charge >= 0.3 is 0 Å². The van der Waals surface area contributed by atoms with E-state index in [1.165, 1.54) is 18.9 Å². The molecule has 0 radical (unpaired) electrons. The summed E-state index contributed by atoms with van der Waals surface area (Å²) in [6, 6.07) is 5.50. The Kier molecular flexibility index (Phi) is 4.97. The fraction of sp³-hybridized carbons (Fsp3) is 0.562. The lowest BCUT2D eigenvalue weighted by Crippen LogP contribution is -2.45. The van der Waals surface area contributed by atoms with Gasteiger partial charge in [0, 0.05) is 11.7 Å². The molecule has 3 atom stereocenters. The minimum absolute atomic E-state index is 0.211. The van der Waals surface area contributed by atoms with Crippen LogP contribution in [0.5, 0.6) is 0 Å². The summed E-state index contributed by atoms with van der Waals surface area (Å²) in [5, 5.41) is 7.04. The summed E-state index contributed by atoms with van der Waals surface area (Å²) in [5.41, 5.74) is 1.34. The highest BCUT2D eigenvalue weighted by atomic mass is 32.1. The van der Waals surface area contributed by atoms with Crippen LogP contribution in [-0.4, -0.2) is 11.2 Å². The fourth-order valence-corrected chi connectivity index (χ4v) is 3.06. The van der Waals surface area contributed by atoms with Gasteiger partial charge in [0.1, 0.15) is 5.82 Å². The lowest BCUT2D eigenvalue weighted by Gasteiger charge is -2.35. The molecule has 1 aliphatic carbocycles. The van der Waals surface area contributed by atoms with Crippen LogP contribution >= 0.6 is 12.2 Å². The van der Waals surface area contributed by atoms with Crippen molar-refractivity contribution < 1.29 is 4.39 Å². The number of nitrogens with one attached hydrogen (secondary N) is 2. The third kappa shape index (κ3) is 3.69. The van der Waals surface area contributed by atoms with Gasteiger partial charge in [-0.3, -0.25) is 0 Å². The molecule has 0 saturated heterocycles. The monoisotopic (exact) mass is 294 g/mol. The number of hydrogen-bond acceptors (Lipinski definition) is 1. The second kappa shape index (κ2) is 6.53. The maximum absolute atomic E-state index is 13.5. The van der Waals surface area contributed by atoms with Gasteiger partial charge in [-0.05, 0) is 55.1 Å². The van der Waals surface area contributed by atoms with Crippen LogP contribution in [0.2, 0.25) is 0 Å². The van der Waals surface area contributed by atoms with Crippen LogP contribution in [0.4, 0.5) is 10.1 Å². The first-order valence-corrected chi connectivity index (χ1v) is 7.72. The summed E-state index contributed by atoms with van der Waals surface area (Å²) in [6.07, 6.45) is 3.68. The van der Waals surface area contributed by atoms with E-state index in [1.807, 2.05) is 6.07 Å². The van der Waals surface area contributed by atoms with Crippen molar-refractivity contribution in [2.75, 3.05) is 5.32 Å². The van der Waals surface area contributed by atoms with Crippen LogP contribution in [-0.2, 0) is 0 Å². The van der Waals surface area contributed by atoms with Crippen molar-refractivity contribution >= 4 is 23.0 Å². The first-order chi connectivity index (χ1) is 9.47. The summed E-state index contributed by atoms with van der Waals surface area (Å²) in [4.78, 5) is 0. The lowest BCUT2D eigenvalue weighted by atomic mass is 9.78. The van der Waals surface area contributed by atoms with E-state index in [0.29, 0.717) is 28.3 Å². The zero-order valence-electron chi connectivity index (χ0n) is 12.4. The number of aryl methyl sites for hydroxylation is 1. The predicted molar refractivity (Wildman–Crippen MR) is 86.5 cm³/mol. The van der Waals surface area contributed by atoms with Crippen molar-refractivity contribution in [1.29, 1.82) is 0 Å². The number of rotatable bonds is 2. The van der Waals surface area contributed by atoms with Gasteiger partial charge in [0.15, 0.2) is 5.11 Å². The molecule has 0 heterocycles. The van der Waals surface area contributed by atoms with Gasteiger partial charge < -0.3 is 10.6 Å². The predicted octanol–water partition coefficient (Wildman–Crippen LogP) is 4.25. The summed E-state index contributed by atoms with van der Waals surface area (Å²) in [7, 11) is 0. The molecule has 0 unspecified atom stereocenters. The van der Waals surface area contributed by atoms with Gasteiger partial charge in [0.05, 0.1) is 0 Å². The molecule has 1 aliphatic rings. The summed E-state index contributed by atoms with van der Waals surface area (Å²) >= 11 is 5.34. The van der Waals surface area contributed by atoms with Gasteiger partial charge in [0.25, 0.3) is 0 Å². The van der Waals surface area contributed by atoms with E-state index in [0.717, 1.165) is 12.3 Å². The van der Waals surface area contributed by atoms with Crippen LogP contribution in [0.25, 0.3) is 0 Å². The quantitative estimate of drug-likeness (QED) is 0.798. The van der Waals surface area contributed by atoms with E-state index in [1.54, 1.807) is 13.0 Å². The Balaban J connectivity index is 1.93. The molecule has 0 spiro atoms.